The summed E-state index contributed by atoms with van der Waals surface area (Å²) in [5.41, 5.74) is 0.759. The third-order valence-corrected chi connectivity index (χ3v) is 2.37. The van der Waals surface area contributed by atoms with Crippen LogP contribution in [0.5, 0.6) is 0 Å². The van der Waals surface area contributed by atoms with Gasteiger partial charge in [0.15, 0.2) is 0 Å². The lowest BCUT2D eigenvalue weighted by Crippen LogP contribution is -2.16. The molecule has 86 valence electrons. The van der Waals surface area contributed by atoms with Gasteiger partial charge in [0, 0.05) is 16.8 Å². The summed E-state index contributed by atoms with van der Waals surface area (Å²) in [5.74, 6) is -0.990. The lowest BCUT2D eigenvalue weighted by Gasteiger charge is -2.15. The highest BCUT2D eigenvalue weighted by atomic mass is 35.5. The Balaban J connectivity index is 2.94. The molecule has 0 spiro atoms. The molecule has 1 aromatic rings. The number of carbonyl (C=O) groups is 1. The molecular formula is C12H14ClNO2. The van der Waals surface area contributed by atoms with Crippen molar-refractivity contribution in [1.29, 1.82) is 0 Å². The van der Waals surface area contributed by atoms with Gasteiger partial charge in [-0.15, -0.1) is 6.58 Å². The number of halogens is 1. The maximum absolute atomic E-state index is 11.0. The van der Waals surface area contributed by atoms with Gasteiger partial charge in [0.05, 0.1) is 5.56 Å². The van der Waals surface area contributed by atoms with Crippen LogP contribution >= 0.6 is 11.6 Å². The van der Waals surface area contributed by atoms with E-state index < -0.39 is 5.97 Å². The highest BCUT2D eigenvalue weighted by molar-refractivity contribution is 6.31. The molecule has 0 aliphatic rings. The minimum Gasteiger partial charge on any atom is -0.478 e. The molecular weight excluding hydrogens is 226 g/mol. The van der Waals surface area contributed by atoms with Crippen LogP contribution in [0.15, 0.2) is 30.9 Å². The molecule has 1 aromatic carbocycles. The van der Waals surface area contributed by atoms with Crippen molar-refractivity contribution in [3.8, 4) is 0 Å². The minimum atomic E-state index is -0.990. The van der Waals surface area contributed by atoms with Gasteiger partial charge in [-0.1, -0.05) is 17.7 Å². The normalized spacial score (nSPS) is 11.9. The first-order chi connectivity index (χ1) is 7.54. The Kier molecular flexibility index (Phi) is 4.38. The van der Waals surface area contributed by atoms with Gasteiger partial charge in [-0.25, -0.2) is 4.79 Å². The number of hydrogen-bond donors (Lipinski definition) is 2. The van der Waals surface area contributed by atoms with E-state index in [9.17, 15) is 4.79 Å². The Morgan fingerprint density at radius 3 is 2.94 bits per heavy atom. The summed E-state index contributed by atoms with van der Waals surface area (Å²) in [5, 5.41) is 12.5. The van der Waals surface area contributed by atoms with Crippen molar-refractivity contribution in [2.24, 2.45) is 0 Å². The Hall–Kier alpha value is -1.48. The fraction of sp³-hybridized carbons (Fsp3) is 0.250. The van der Waals surface area contributed by atoms with E-state index in [1.54, 1.807) is 18.2 Å². The number of benzene rings is 1. The standard InChI is InChI=1S/C12H14ClNO2/c1-3-4-8(2)14-11-6-5-9(13)7-10(11)12(15)16/h3,5-8,14H,1,4H2,2H3,(H,15,16). The molecule has 3 nitrogen and oxygen atoms in total. The minimum absolute atomic E-state index is 0.136. The molecule has 4 heteroatoms. The molecule has 1 rings (SSSR count). The Morgan fingerprint density at radius 1 is 1.69 bits per heavy atom. The van der Waals surface area contributed by atoms with Gasteiger partial charge in [-0.3, -0.25) is 0 Å². The van der Waals surface area contributed by atoms with Gasteiger partial charge in [-0.05, 0) is 31.5 Å². The summed E-state index contributed by atoms with van der Waals surface area (Å²) in [6, 6.07) is 4.91. The van der Waals surface area contributed by atoms with Crippen LogP contribution in [-0.2, 0) is 0 Å². The van der Waals surface area contributed by atoms with Crippen LogP contribution < -0.4 is 5.32 Å². The zero-order valence-corrected chi connectivity index (χ0v) is 9.79. The van der Waals surface area contributed by atoms with E-state index in [0.717, 1.165) is 6.42 Å². The van der Waals surface area contributed by atoms with Crippen LogP contribution in [0.3, 0.4) is 0 Å². The van der Waals surface area contributed by atoms with E-state index in [1.165, 1.54) is 6.07 Å². The number of rotatable bonds is 5. The molecule has 1 atom stereocenters. The zero-order valence-electron chi connectivity index (χ0n) is 9.03. The molecule has 0 bridgehead atoms. The van der Waals surface area contributed by atoms with E-state index in [0.29, 0.717) is 10.7 Å². The summed E-state index contributed by atoms with van der Waals surface area (Å²) >= 11 is 5.75. The summed E-state index contributed by atoms with van der Waals surface area (Å²) < 4.78 is 0. The first-order valence-corrected chi connectivity index (χ1v) is 5.32. The fourth-order valence-corrected chi connectivity index (χ4v) is 1.57. The Morgan fingerprint density at radius 2 is 2.38 bits per heavy atom. The van der Waals surface area contributed by atoms with Crippen LogP contribution in [0.25, 0.3) is 0 Å². The molecule has 0 aromatic heterocycles. The predicted octanol–water partition coefficient (Wildman–Crippen LogP) is 3.41. The van der Waals surface area contributed by atoms with Crippen molar-refractivity contribution in [2.45, 2.75) is 19.4 Å². The van der Waals surface area contributed by atoms with Gasteiger partial charge in [0.25, 0.3) is 0 Å². The maximum Gasteiger partial charge on any atom is 0.337 e. The number of nitrogens with one attached hydrogen (secondary N) is 1. The highest BCUT2D eigenvalue weighted by Crippen LogP contribution is 2.21. The van der Waals surface area contributed by atoms with Crippen molar-refractivity contribution in [3.05, 3.63) is 41.4 Å². The van der Waals surface area contributed by atoms with Crippen LogP contribution in [0, 0.1) is 0 Å². The summed E-state index contributed by atoms with van der Waals surface area (Å²) in [6.07, 6.45) is 2.55. The van der Waals surface area contributed by atoms with Crippen LogP contribution in [-0.4, -0.2) is 17.1 Å². The first-order valence-electron chi connectivity index (χ1n) is 4.95. The number of carboxylic acids is 1. The number of carboxylic acid groups (broad SMARTS) is 1. The van der Waals surface area contributed by atoms with Gasteiger partial charge < -0.3 is 10.4 Å². The molecule has 0 saturated carbocycles. The van der Waals surface area contributed by atoms with Crippen molar-refractivity contribution in [1.82, 2.24) is 0 Å². The first kappa shape index (κ1) is 12.6. The van der Waals surface area contributed by atoms with Crippen LogP contribution in [0.1, 0.15) is 23.7 Å². The van der Waals surface area contributed by atoms with Crippen LogP contribution in [0.4, 0.5) is 5.69 Å². The Bertz CT molecular complexity index is 404. The fourth-order valence-electron chi connectivity index (χ4n) is 1.39. The van der Waals surface area contributed by atoms with Crippen molar-refractivity contribution in [3.63, 3.8) is 0 Å². The molecule has 0 radical (unpaired) electrons. The second-order valence-corrected chi connectivity index (χ2v) is 4.00. The highest BCUT2D eigenvalue weighted by Gasteiger charge is 2.11. The molecule has 16 heavy (non-hydrogen) atoms. The van der Waals surface area contributed by atoms with Crippen molar-refractivity contribution >= 4 is 23.3 Å². The van der Waals surface area contributed by atoms with E-state index in [4.69, 9.17) is 16.7 Å². The smallest absolute Gasteiger partial charge is 0.337 e. The summed E-state index contributed by atoms with van der Waals surface area (Å²) in [6.45, 7) is 5.60. The SMILES string of the molecule is C=CCC(C)Nc1ccc(Cl)cc1C(=O)O. The number of hydrogen-bond acceptors (Lipinski definition) is 2. The lowest BCUT2D eigenvalue weighted by molar-refractivity contribution is 0.0698. The number of aromatic carboxylic acids is 1. The molecule has 0 fully saturated rings. The van der Waals surface area contributed by atoms with E-state index in [-0.39, 0.29) is 11.6 Å². The third kappa shape index (κ3) is 3.28. The number of anilines is 1. The third-order valence-electron chi connectivity index (χ3n) is 2.13. The largest absolute Gasteiger partial charge is 0.478 e. The molecule has 0 aliphatic carbocycles. The lowest BCUT2D eigenvalue weighted by atomic mass is 10.1. The molecule has 1 unspecified atom stereocenters. The van der Waals surface area contributed by atoms with Gasteiger partial charge in [0.2, 0.25) is 0 Å². The second-order valence-electron chi connectivity index (χ2n) is 3.56. The van der Waals surface area contributed by atoms with E-state index >= 15 is 0 Å². The van der Waals surface area contributed by atoms with E-state index in [2.05, 4.69) is 11.9 Å². The van der Waals surface area contributed by atoms with Crippen LogP contribution in [0.2, 0.25) is 5.02 Å². The maximum atomic E-state index is 11.0. The van der Waals surface area contributed by atoms with Gasteiger partial charge in [0.1, 0.15) is 0 Å². The summed E-state index contributed by atoms with van der Waals surface area (Å²) in [4.78, 5) is 11.0. The predicted molar refractivity (Wildman–Crippen MR) is 66.3 cm³/mol. The summed E-state index contributed by atoms with van der Waals surface area (Å²) in [7, 11) is 0. The molecule has 0 amide bonds. The monoisotopic (exact) mass is 239 g/mol. The zero-order chi connectivity index (χ0) is 12.1. The molecule has 2 N–H and O–H groups in total. The van der Waals surface area contributed by atoms with Gasteiger partial charge >= 0.3 is 5.97 Å². The van der Waals surface area contributed by atoms with Crippen molar-refractivity contribution in [2.75, 3.05) is 5.32 Å². The quantitative estimate of drug-likeness (QED) is 0.774. The average molecular weight is 240 g/mol. The molecule has 0 aliphatic heterocycles. The second kappa shape index (κ2) is 5.56. The average Bonchev–Trinajstić information content (AvgIpc) is 2.20. The van der Waals surface area contributed by atoms with E-state index in [1.807, 2.05) is 6.92 Å². The topological polar surface area (TPSA) is 49.3 Å². The van der Waals surface area contributed by atoms with Gasteiger partial charge in [-0.2, -0.15) is 0 Å². The molecule has 0 saturated heterocycles. The Labute approximate surface area is 99.7 Å². The molecule has 0 heterocycles. The van der Waals surface area contributed by atoms with Crippen molar-refractivity contribution < 1.29 is 9.90 Å².